The number of benzene rings is 1. The monoisotopic (exact) mass is 384 g/mol. The number of hydrogen-bond donors (Lipinski definition) is 1. The molecule has 7 nitrogen and oxygen atoms in total. The van der Waals surface area contributed by atoms with Crippen molar-refractivity contribution in [3.63, 3.8) is 0 Å². The highest BCUT2D eigenvalue weighted by molar-refractivity contribution is 5.64. The third kappa shape index (κ3) is 3.90. The molecule has 0 amide bonds. The van der Waals surface area contributed by atoms with Gasteiger partial charge in [0.25, 0.3) is 5.69 Å². The van der Waals surface area contributed by atoms with Gasteiger partial charge in [-0.25, -0.2) is 4.98 Å². The zero-order valence-corrected chi connectivity index (χ0v) is 14.6. The number of aliphatic hydroxyl groups excluding tert-OH is 1. The molecule has 0 radical (unpaired) electrons. The average Bonchev–Trinajstić information content (AvgIpc) is 3.06. The number of nitrogens with zero attached hydrogens (tertiary/aromatic N) is 4. The standard InChI is InChI=1S/C17H19F3N4O3/c1-22-9-6-21-16(22)15(25)11-4-7-23(8-5-11)13-3-2-12(17(18,19)20)10-14(13)24(26)27/h2-3,6,9-11,15,25H,4-5,7-8H2,1H3. The number of aromatic nitrogens is 2. The number of aryl methyl sites for hydroxylation is 1. The lowest BCUT2D eigenvalue weighted by Crippen LogP contribution is -2.36. The molecular weight excluding hydrogens is 365 g/mol. The zero-order chi connectivity index (χ0) is 19.8. The number of halogens is 3. The normalized spacial score (nSPS) is 17.1. The van der Waals surface area contributed by atoms with Crippen molar-refractivity contribution in [2.24, 2.45) is 13.0 Å². The van der Waals surface area contributed by atoms with E-state index in [0.29, 0.717) is 37.8 Å². The second-order valence-corrected chi connectivity index (χ2v) is 6.62. The summed E-state index contributed by atoms with van der Waals surface area (Å²) in [5, 5.41) is 21.8. The Morgan fingerprint density at radius 3 is 2.52 bits per heavy atom. The summed E-state index contributed by atoms with van der Waals surface area (Å²) in [5.41, 5.74) is -1.44. The van der Waals surface area contributed by atoms with Gasteiger partial charge in [0.05, 0.1) is 10.5 Å². The van der Waals surface area contributed by atoms with E-state index in [0.717, 1.165) is 12.1 Å². The second-order valence-electron chi connectivity index (χ2n) is 6.62. The lowest BCUT2D eigenvalue weighted by molar-refractivity contribution is -0.384. The Morgan fingerprint density at radius 2 is 2.00 bits per heavy atom. The predicted molar refractivity (Wildman–Crippen MR) is 91.2 cm³/mol. The van der Waals surface area contributed by atoms with E-state index in [2.05, 4.69) is 4.98 Å². The molecule has 0 aliphatic carbocycles. The SMILES string of the molecule is Cn1ccnc1C(O)C1CCN(c2ccc(C(F)(F)F)cc2[N+](=O)[O-])CC1. The number of hydrogen-bond acceptors (Lipinski definition) is 5. The highest BCUT2D eigenvalue weighted by Crippen LogP contribution is 2.39. The highest BCUT2D eigenvalue weighted by Gasteiger charge is 2.35. The molecule has 1 saturated heterocycles. The molecule has 1 aromatic heterocycles. The lowest BCUT2D eigenvalue weighted by Gasteiger charge is -2.35. The van der Waals surface area contributed by atoms with Crippen LogP contribution in [-0.4, -0.2) is 32.7 Å². The first-order chi connectivity index (χ1) is 12.7. The maximum atomic E-state index is 12.8. The van der Waals surface area contributed by atoms with E-state index in [1.807, 2.05) is 0 Å². The summed E-state index contributed by atoms with van der Waals surface area (Å²) in [6.07, 6.45) is -0.964. The summed E-state index contributed by atoms with van der Waals surface area (Å²) >= 11 is 0. The molecule has 1 fully saturated rings. The van der Waals surface area contributed by atoms with E-state index >= 15 is 0 Å². The Hall–Kier alpha value is -2.62. The molecule has 1 N–H and O–H groups in total. The van der Waals surface area contributed by atoms with Crippen LogP contribution < -0.4 is 4.90 Å². The number of nitro groups is 1. The van der Waals surface area contributed by atoms with Crippen molar-refractivity contribution in [3.8, 4) is 0 Å². The van der Waals surface area contributed by atoms with Crippen molar-refractivity contribution in [2.75, 3.05) is 18.0 Å². The van der Waals surface area contributed by atoms with Crippen LogP contribution in [-0.2, 0) is 13.2 Å². The fourth-order valence-corrected chi connectivity index (χ4v) is 3.44. The minimum absolute atomic E-state index is 0.0733. The van der Waals surface area contributed by atoms with Gasteiger partial charge in [-0.3, -0.25) is 10.1 Å². The van der Waals surface area contributed by atoms with Gasteiger partial charge >= 0.3 is 6.18 Å². The van der Waals surface area contributed by atoms with Gasteiger partial charge in [-0.15, -0.1) is 0 Å². The van der Waals surface area contributed by atoms with Crippen LogP contribution >= 0.6 is 0 Å². The van der Waals surface area contributed by atoms with Crippen LogP contribution in [0.15, 0.2) is 30.6 Å². The van der Waals surface area contributed by atoms with Crippen LogP contribution in [0, 0.1) is 16.0 Å². The average molecular weight is 384 g/mol. The number of imidazole rings is 1. The fourth-order valence-electron chi connectivity index (χ4n) is 3.44. The van der Waals surface area contributed by atoms with Crippen LogP contribution in [0.25, 0.3) is 0 Å². The Balaban J connectivity index is 1.76. The first-order valence-corrected chi connectivity index (χ1v) is 8.44. The van der Waals surface area contributed by atoms with Gasteiger partial charge in [-0.05, 0) is 30.9 Å². The van der Waals surface area contributed by atoms with Crippen molar-refractivity contribution in [2.45, 2.75) is 25.1 Å². The Kier molecular flexibility index (Phi) is 5.09. The summed E-state index contributed by atoms with van der Waals surface area (Å²) < 4.78 is 40.3. The third-order valence-corrected chi connectivity index (χ3v) is 4.95. The molecule has 1 aliphatic rings. The van der Waals surface area contributed by atoms with Crippen molar-refractivity contribution >= 4 is 11.4 Å². The minimum Gasteiger partial charge on any atom is -0.385 e. The van der Waals surface area contributed by atoms with Crippen molar-refractivity contribution in [1.82, 2.24) is 9.55 Å². The van der Waals surface area contributed by atoms with E-state index in [1.54, 1.807) is 28.9 Å². The molecule has 1 aromatic carbocycles. The van der Waals surface area contributed by atoms with Gasteiger partial charge in [0.2, 0.25) is 0 Å². The molecule has 27 heavy (non-hydrogen) atoms. The van der Waals surface area contributed by atoms with Crippen molar-refractivity contribution < 1.29 is 23.2 Å². The molecule has 1 unspecified atom stereocenters. The molecule has 0 bridgehead atoms. The summed E-state index contributed by atoms with van der Waals surface area (Å²) in [7, 11) is 1.78. The first kappa shape index (κ1) is 19.2. The van der Waals surface area contributed by atoms with Gasteiger partial charge in [-0.1, -0.05) is 0 Å². The predicted octanol–water partition coefficient (Wildman–Crippen LogP) is 3.30. The third-order valence-electron chi connectivity index (χ3n) is 4.95. The number of rotatable bonds is 4. The van der Waals surface area contributed by atoms with Gasteiger partial charge in [0.15, 0.2) is 0 Å². The number of nitro benzene ring substituents is 1. The first-order valence-electron chi connectivity index (χ1n) is 8.44. The molecule has 2 aromatic rings. The van der Waals surface area contributed by atoms with Crippen LogP contribution in [0.5, 0.6) is 0 Å². The van der Waals surface area contributed by atoms with Crippen molar-refractivity contribution in [1.29, 1.82) is 0 Å². The Labute approximate surface area is 153 Å². The Bertz CT molecular complexity index is 829. The largest absolute Gasteiger partial charge is 0.416 e. The van der Waals surface area contributed by atoms with Crippen LogP contribution in [0.2, 0.25) is 0 Å². The molecule has 0 saturated carbocycles. The Morgan fingerprint density at radius 1 is 1.33 bits per heavy atom. The maximum absolute atomic E-state index is 12.8. The van der Waals surface area contributed by atoms with E-state index < -0.39 is 28.5 Å². The van der Waals surface area contributed by atoms with E-state index in [1.165, 1.54) is 0 Å². The smallest absolute Gasteiger partial charge is 0.385 e. The quantitative estimate of drug-likeness (QED) is 0.646. The topological polar surface area (TPSA) is 84.4 Å². The van der Waals surface area contributed by atoms with Crippen LogP contribution in [0.1, 0.15) is 30.3 Å². The molecule has 146 valence electrons. The molecule has 1 aliphatic heterocycles. The minimum atomic E-state index is -4.64. The van der Waals surface area contributed by atoms with Gasteiger partial charge in [-0.2, -0.15) is 13.2 Å². The van der Waals surface area contributed by atoms with Crippen LogP contribution in [0.3, 0.4) is 0 Å². The molecule has 3 rings (SSSR count). The van der Waals surface area contributed by atoms with Gasteiger partial charge in [0, 0.05) is 38.6 Å². The number of anilines is 1. The van der Waals surface area contributed by atoms with Crippen LogP contribution in [0.4, 0.5) is 24.5 Å². The number of alkyl halides is 3. The fraction of sp³-hybridized carbons (Fsp3) is 0.471. The summed E-state index contributed by atoms with van der Waals surface area (Å²) in [5.74, 6) is 0.477. The number of aliphatic hydroxyl groups is 1. The molecule has 10 heteroatoms. The van der Waals surface area contributed by atoms with E-state index in [-0.39, 0.29) is 11.6 Å². The lowest BCUT2D eigenvalue weighted by atomic mass is 9.90. The van der Waals surface area contributed by atoms with Gasteiger partial charge < -0.3 is 14.6 Å². The molecular formula is C17H19F3N4O3. The van der Waals surface area contributed by atoms with E-state index in [4.69, 9.17) is 0 Å². The summed E-state index contributed by atoms with van der Waals surface area (Å²) in [4.78, 5) is 16.3. The summed E-state index contributed by atoms with van der Waals surface area (Å²) in [6, 6.07) is 2.58. The second kappa shape index (κ2) is 7.18. The van der Waals surface area contributed by atoms with Crippen molar-refractivity contribution in [3.05, 3.63) is 52.1 Å². The summed E-state index contributed by atoms with van der Waals surface area (Å²) in [6.45, 7) is 0.802. The molecule has 1 atom stereocenters. The van der Waals surface area contributed by atoms with Gasteiger partial charge in [0.1, 0.15) is 17.6 Å². The zero-order valence-electron chi connectivity index (χ0n) is 14.6. The maximum Gasteiger partial charge on any atom is 0.416 e. The molecule has 2 heterocycles. The van der Waals surface area contributed by atoms with E-state index in [9.17, 15) is 28.4 Å². The molecule has 0 spiro atoms. The number of piperidine rings is 1. The highest BCUT2D eigenvalue weighted by atomic mass is 19.4.